The van der Waals surface area contributed by atoms with Gasteiger partial charge in [0.1, 0.15) is 0 Å². The Morgan fingerprint density at radius 3 is 2.67 bits per heavy atom. The summed E-state index contributed by atoms with van der Waals surface area (Å²) in [5, 5.41) is 20.9. The fourth-order valence-electron chi connectivity index (χ4n) is 2.93. The van der Waals surface area contributed by atoms with Gasteiger partial charge in [0.25, 0.3) is 0 Å². The van der Waals surface area contributed by atoms with Crippen molar-refractivity contribution in [2.45, 2.75) is 20.1 Å². The van der Waals surface area contributed by atoms with Crippen molar-refractivity contribution in [3.63, 3.8) is 0 Å². The molecular formula is C18H16N2O2S2. The van der Waals surface area contributed by atoms with Crippen LogP contribution >= 0.6 is 22.7 Å². The molecule has 122 valence electrons. The first-order chi connectivity index (χ1) is 11.6. The summed E-state index contributed by atoms with van der Waals surface area (Å²) in [5.74, 6) is 0.0577. The number of nitrogens with zero attached hydrogens (tertiary/aromatic N) is 1. The van der Waals surface area contributed by atoms with E-state index in [2.05, 4.69) is 9.98 Å². The number of fused-ring (bicyclic) bond motifs is 1. The lowest BCUT2D eigenvalue weighted by Gasteiger charge is -2.01. The second-order valence-electron chi connectivity index (χ2n) is 5.60. The molecule has 3 N–H and O–H groups in total. The van der Waals surface area contributed by atoms with E-state index >= 15 is 0 Å². The molecule has 0 saturated carbocycles. The van der Waals surface area contributed by atoms with Gasteiger partial charge in [0.05, 0.1) is 26.7 Å². The average Bonchev–Trinajstić information content (AvgIpc) is 3.28. The van der Waals surface area contributed by atoms with Gasteiger partial charge in [-0.05, 0) is 44.2 Å². The molecule has 1 aliphatic heterocycles. The number of aryl methyl sites for hydroxylation is 1. The van der Waals surface area contributed by atoms with E-state index in [0.29, 0.717) is 16.8 Å². The predicted molar refractivity (Wildman–Crippen MR) is 100 cm³/mol. The van der Waals surface area contributed by atoms with Gasteiger partial charge in [0, 0.05) is 15.3 Å². The van der Waals surface area contributed by atoms with Gasteiger partial charge in [-0.15, -0.1) is 22.7 Å². The van der Waals surface area contributed by atoms with Crippen molar-refractivity contribution < 1.29 is 10.2 Å². The summed E-state index contributed by atoms with van der Waals surface area (Å²) in [4.78, 5) is 11.6. The van der Waals surface area contributed by atoms with E-state index in [0.717, 1.165) is 20.3 Å². The number of aliphatic hydroxyl groups is 1. The molecular weight excluding hydrogens is 340 g/mol. The van der Waals surface area contributed by atoms with Crippen molar-refractivity contribution in [3.8, 4) is 16.5 Å². The van der Waals surface area contributed by atoms with Crippen molar-refractivity contribution >= 4 is 34.5 Å². The highest BCUT2D eigenvalue weighted by Gasteiger charge is 2.34. The molecule has 0 radical (unpaired) electrons. The van der Waals surface area contributed by atoms with Crippen molar-refractivity contribution in [3.05, 3.63) is 56.1 Å². The number of rotatable bonds is 3. The summed E-state index contributed by atoms with van der Waals surface area (Å²) in [7, 11) is 0. The molecule has 4 rings (SSSR count). The Bertz CT molecular complexity index is 975. The lowest BCUT2D eigenvalue weighted by molar-refractivity contribution is 0.193. The van der Waals surface area contributed by atoms with Gasteiger partial charge in [-0.25, -0.2) is 4.99 Å². The number of aromatic amines is 1. The average molecular weight is 356 g/mol. The third-order valence-corrected chi connectivity index (χ3v) is 6.02. The van der Waals surface area contributed by atoms with E-state index in [4.69, 9.17) is 0 Å². The summed E-state index contributed by atoms with van der Waals surface area (Å²) >= 11 is 3.21. The molecule has 24 heavy (non-hydrogen) atoms. The van der Waals surface area contributed by atoms with E-state index < -0.39 is 6.23 Å². The fourth-order valence-corrected chi connectivity index (χ4v) is 4.80. The molecule has 0 amide bonds. The second kappa shape index (κ2) is 5.73. The molecule has 0 aliphatic carbocycles. The topological polar surface area (TPSA) is 68.6 Å². The zero-order valence-corrected chi connectivity index (χ0v) is 14.8. The van der Waals surface area contributed by atoms with E-state index in [1.807, 2.05) is 50.3 Å². The van der Waals surface area contributed by atoms with Crippen molar-refractivity contribution in [1.82, 2.24) is 4.98 Å². The third kappa shape index (κ3) is 2.34. The van der Waals surface area contributed by atoms with Gasteiger partial charge in [-0.1, -0.05) is 6.08 Å². The number of hydrogen-bond acceptors (Lipinski definition) is 5. The second-order valence-corrected chi connectivity index (χ2v) is 8.00. The fraction of sp³-hybridized carbons (Fsp3) is 0.167. The maximum atomic E-state index is 10.5. The van der Waals surface area contributed by atoms with Crippen molar-refractivity contribution in [2.75, 3.05) is 0 Å². The van der Waals surface area contributed by atoms with Gasteiger partial charge in [-0.2, -0.15) is 0 Å². The predicted octanol–water partition coefficient (Wildman–Crippen LogP) is 4.69. The Morgan fingerprint density at radius 1 is 1.17 bits per heavy atom. The zero-order chi connectivity index (χ0) is 16.8. The Hall–Kier alpha value is -2.15. The quantitative estimate of drug-likeness (QED) is 0.637. The number of thiophene rings is 2. The largest absolute Gasteiger partial charge is 0.494 e. The van der Waals surface area contributed by atoms with Crippen LogP contribution in [0.2, 0.25) is 0 Å². The highest BCUT2D eigenvalue weighted by Crippen LogP contribution is 2.44. The lowest BCUT2D eigenvalue weighted by Crippen LogP contribution is -1.96. The summed E-state index contributed by atoms with van der Waals surface area (Å²) in [6.07, 6.45) is 3.06. The van der Waals surface area contributed by atoms with Crippen LogP contribution in [-0.4, -0.2) is 20.9 Å². The first-order valence-electron chi connectivity index (χ1n) is 7.59. The minimum atomic E-state index is -0.961. The van der Waals surface area contributed by atoms with Gasteiger partial charge in [0.2, 0.25) is 0 Å². The van der Waals surface area contributed by atoms with Crippen LogP contribution in [0.5, 0.6) is 5.88 Å². The summed E-state index contributed by atoms with van der Waals surface area (Å²) in [6.45, 7) is 4.00. The van der Waals surface area contributed by atoms with E-state index in [9.17, 15) is 10.2 Å². The molecule has 0 fully saturated rings. The third-order valence-electron chi connectivity index (χ3n) is 3.94. The van der Waals surface area contributed by atoms with Gasteiger partial charge in [0.15, 0.2) is 12.1 Å². The number of hydrogen-bond donors (Lipinski definition) is 3. The first kappa shape index (κ1) is 15.4. The van der Waals surface area contributed by atoms with Crippen LogP contribution in [-0.2, 0) is 0 Å². The molecule has 4 heterocycles. The van der Waals surface area contributed by atoms with Crippen molar-refractivity contribution in [1.29, 1.82) is 0 Å². The number of allylic oxidation sites excluding steroid dienone is 1. The number of aromatic nitrogens is 1. The summed E-state index contributed by atoms with van der Waals surface area (Å²) in [5.41, 5.74) is 2.66. The molecule has 1 aliphatic rings. The molecule has 1 unspecified atom stereocenters. The maximum Gasteiger partial charge on any atom is 0.199 e. The van der Waals surface area contributed by atoms with Crippen LogP contribution in [0.4, 0.5) is 0 Å². The maximum absolute atomic E-state index is 10.5. The van der Waals surface area contributed by atoms with Crippen LogP contribution in [0.15, 0.2) is 35.3 Å². The lowest BCUT2D eigenvalue weighted by atomic mass is 10.1. The number of aliphatic hydroxyl groups excluding tert-OH is 1. The molecule has 1 atom stereocenters. The van der Waals surface area contributed by atoms with Crippen molar-refractivity contribution in [2.24, 2.45) is 4.99 Å². The first-order valence-corrected chi connectivity index (χ1v) is 9.22. The Morgan fingerprint density at radius 2 is 1.96 bits per heavy atom. The molecule has 3 aromatic rings. The van der Waals surface area contributed by atoms with Crippen LogP contribution in [0.1, 0.15) is 38.9 Å². The van der Waals surface area contributed by atoms with Gasteiger partial charge >= 0.3 is 0 Å². The molecule has 6 heteroatoms. The van der Waals surface area contributed by atoms with Crippen LogP contribution in [0.25, 0.3) is 16.6 Å². The normalized spacial score (nSPS) is 16.8. The molecule has 3 aromatic heterocycles. The minimum Gasteiger partial charge on any atom is -0.494 e. The molecule has 0 spiro atoms. The van der Waals surface area contributed by atoms with E-state index in [1.54, 1.807) is 22.7 Å². The number of H-pyrrole nitrogens is 1. The van der Waals surface area contributed by atoms with Crippen LogP contribution in [0, 0.1) is 6.92 Å². The zero-order valence-electron chi connectivity index (χ0n) is 13.2. The van der Waals surface area contributed by atoms with Gasteiger partial charge < -0.3 is 15.2 Å². The van der Waals surface area contributed by atoms with E-state index in [1.165, 1.54) is 4.88 Å². The van der Waals surface area contributed by atoms with Crippen LogP contribution in [0.3, 0.4) is 0 Å². The number of aromatic hydroxyl groups is 1. The molecule has 4 nitrogen and oxygen atoms in total. The van der Waals surface area contributed by atoms with E-state index in [-0.39, 0.29) is 5.88 Å². The highest BCUT2D eigenvalue weighted by atomic mass is 32.1. The Kier molecular flexibility index (Phi) is 3.68. The van der Waals surface area contributed by atoms with Gasteiger partial charge in [-0.3, -0.25) is 0 Å². The summed E-state index contributed by atoms with van der Waals surface area (Å²) in [6, 6.07) is 8.00. The smallest absolute Gasteiger partial charge is 0.199 e. The Labute approximate surface area is 147 Å². The standard InChI is InChI=1S/C18H16N2O2S2/c1-3-4-10-6-8-12(24-10)16-14-13(17(21)20-16)15(19-18(14)22)11-7-5-9(2)23-11/h3-8,18,20-22H,1-2H3/b4-3+. The SMILES string of the molecule is C/C=C/c1ccc(-c2[nH]c(O)c3c2C(O)N=C3c2ccc(C)s2)s1. The highest BCUT2D eigenvalue weighted by molar-refractivity contribution is 7.16. The molecule has 0 aromatic carbocycles. The molecule has 0 saturated heterocycles. The van der Waals surface area contributed by atoms with Crippen LogP contribution < -0.4 is 0 Å². The Balaban J connectivity index is 1.83. The minimum absolute atomic E-state index is 0.0577. The summed E-state index contributed by atoms with van der Waals surface area (Å²) < 4.78 is 0. The monoisotopic (exact) mass is 356 g/mol. The number of nitrogens with one attached hydrogen (secondary N) is 1. The molecule has 0 bridgehead atoms. The number of aliphatic imine (C=N–C) groups is 1.